The van der Waals surface area contributed by atoms with Crippen molar-refractivity contribution in [3.63, 3.8) is 0 Å². The van der Waals surface area contributed by atoms with Gasteiger partial charge in [-0.1, -0.05) is 18.2 Å². The molecule has 1 unspecified atom stereocenters. The molecule has 0 radical (unpaired) electrons. The van der Waals surface area contributed by atoms with Crippen LogP contribution < -0.4 is 10.2 Å². The molecule has 0 saturated carbocycles. The van der Waals surface area contributed by atoms with Crippen molar-refractivity contribution < 1.29 is 9.72 Å². The highest BCUT2D eigenvalue weighted by molar-refractivity contribution is 7.80. The molecule has 3 rings (SSSR count). The van der Waals surface area contributed by atoms with Crippen LogP contribution in [0.1, 0.15) is 11.6 Å². The molecule has 1 saturated heterocycles. The molecule has 1 aliphatic rings. The van der Waals surface area contributed by atoms with E-state index in [0.29, 0.717) is 10.7 Å². The van der Waals surface area contributed by atoms with Gasteiger partial charge in [0.15, 0.2) is 5.11 Å². The van der Waals surface area contributed by atoms with Gasteiger partial charge in [0.1, 0.15) is 6.04 Å². The fourth-order valence-corrected chi connectivity index (χ4v) is 2.71. The summed E-state index contributed by atoms with van der Waals surface area (Å²) < 4.78 is 0. The fourth-order valence-electron chi connectivity index (χ4n) is 2.40. The number of hydrogen-bond acceptors (Lipinski definition) is 4. The smallest absolute Gasteiger partial charge is 0.269 e. The fraction of sp³-hybridized carbons (Fsp3) is 0.0667. The lowest BCUT2D eigenvalue weighted by Crippen LogP contribution is -2.29. The third-order valence-electron chi connectivity index (χ3n) is 3.41. The Bertz CT molecular complexity index is 746. The second-order valence-electron chi connectivity index (χ2n) is 4.75. The second kappa shape index (κ2) is 5.53. The number of non-ortho nitro benzene ring substituents is 1. The average molecular weight is 313 g/mol. The highest BCUT2D eigenvalue weighted by Crippen LogP contribution is 2.32. The number of nitrogens with zero attached hydrogens (tertiary/aromatic N) is 2. The Morgan fingerprint density at radius 1 is 1.09 bits per heavy atom. The molecule has 1 aliphatic heterocycles. The summed E-state index contributed by atoms with van der Waals surface area (Å²) in [6, 6.07) is 14.6. The summed E-state index contributed by atoms with van der Waals surface area (Å²) in [4.78, 5) is 24.2. The van der Waals surface area contributed by atoms with Crippen LogP contribution in [0.25, 0.3) is 0 Å². The van der Waals surface area contributed by atoms with E-state index in [-0.39, 0.29) is 11.6 Å². The molecule has 1 N–H and O–H groups in total. The molecule has 2 aromatic rings. The van der Waals surface area contributed by atoms with E-state index in [1.165, 1.54) is 12.1 Å². The Labute approximate surface area is 131 Å². The number of carbonyl (C=O) groups is 1. The van der Waals surface area contributed by atoms with Crippen molar-refractivity contribution in [3.8, 4) is 0 Å². The Morgan fingerprint density at radius 3 is 2.32 bits per heavy atom. The number of nitro groups is 1. The SMILES string of the molecule is O=C1NC(=S)N(c2ccccc2)C1c1ccc([N+](=O)[O-])cc1. The summed E-state index contributed by atoms with van der Waals surface area (Å²) in [5, 5.41) is 13.7. The third kappa shape index (κ3) is 2.42. The van der Waals surface area contributed by atoms with Crippen LogP contribution in [0.4, 0.5) is 11.4 Å². The molecule has 0 aliphatic carbocycles. The van der Waals surface area contributed by atoms with Crippen LogP contribution in [0, 0.1) is 10.1 Å². The van der Waals surface area contributed by atoms with Crippen LogP contribution in [0.15, 0.2) is 54.6 Å². The van der Waals surface area contributed by atoms with Gasteiger partial charge in [0.05, 0.1) is 4.92 Å². The van der Waals surface area contributed by atoms with Gasteiger partial charge < -0.3 is 10.2 Å². The molecule has 2 aromatic carbocycles. The first-order chi connectivity index (χ1) is 10.6. The minimum absolute atomic E-state index is 0.0176. The van der Waals surface area contributed by atoms with Gasteiger partial charge in [0.2, 0.25) is 0 Å². The molecule has 0 spiro atoms. The van der Waals surface area contributed by atoms with Crippen molar-refractivity contribution in [3.05, 3.63) is 70.3 Å². The zero-order valence-electron chi connectivity index (χ0n) is 11.3. The van der Waals surface area contributed by atoms with Gasteiger partial charge in [0, 0.05) is 17.8 Å². The first kappa shape index (κ1) is 14.2. The molecule has 1 amide bonds. The molecule has 110 valence electrons. The summed E-state index contributed by atoms with van der Waals surface area (Å²) >= 11 is 5.23. The van der Waals surface area contributed by atoms with Gasteiger partial charge >= 0.3 is 0 Å². The number of thiocarbonyl (C=S) groups is 1. The van der Waals surface area contributed by atoms with Gasteiger partial charge in [-0.2, -0.15) is 0 Å². The van der Waals surface area contributed by atoms with Gasteiger partial charge in [-0.25, -0.2) is 0 Å². The lowest BCUT2D eigenvalue weighted by molar-refractivity contribution is -0.384. The van der Waals surface area contributed by atoms with E-state index < -0.39 is 11.0 Å². The molecule has 1 fully saturated rings. The van der Waals surface area contributed by atoms with Crippen LogP contribution in [-0.4, -0.2) is 15.9 Å². The molecule has 1 heterocycles. The van der Waals surface area contributed by atoms with Crippen molar-refractivity contribution in [2.45, 2.75) is 6.04 Å². The maximum absolute atomic E-state index is 12.2. The monoisotopic (exact) mass is 313 g/mol. The highest BCUT2D eigenvalue weighted by atomic mass is 32.1. The topological polar surface area (TPSA) is 75.5 Å². The zero-order valence-corrected chi connectivity index (χ0v) is 12.1. The van der Waals surface area contributed by atoms with E-state index in [0.717, 1.165) is 5.69 Å². The maximum Gasteiger partial charge on any atom is 0.269 e. The van der Waals surface area contributed by atoms with Gasteiger partial charge in [-0.3, -0.25) is 14.9 Å². The number of anilines is 1. The largest absolute Gasteiger partial charge is 0.302 e. The molecule has 1 atom stereocenters. The zero-order chi connectivity index (χ0) is 15.7. The Hall–Kier alpha value is -2.80. The van der Waals surface area contributed by atoms with Gasteiger partial charge in [-0.05, 0) is 42.0 Å². The minimum atomic E-state index is -0.629. The standard InChI is InChI=1S/C15H11N3O3S/c19-14-13(10-6-8-12(9-7-10)18(20)21)17(15(22)16-14)11-4-2-1-3-5-11/h1-9,13H,(H,16,19,22). The van der Waals surface area contributed by atoms with E-state index in [9.17, 15) is 14.9 Å². The predicted octanol–water partition coefficient (Wildman–Crippen LogP) is 2.56. The van der Waals surface area contributed by atoms with Crippen LogP contribution in [0.5, 0.6) is 0 Å². The molecule has 7 heteroatoms. The van der Waals surface area contributed by atoms with Crippen molar-refractivity contribution in [1.29, 1.82) is 0 Å². The highest BCUT2D eigenvalue weighted by Gasteiger charge is 2.38. The predicted molar refractivity (Wildman–Crippen MR) is 85.5 cm³/mol. The van der Waals surface area contributed by atoms with E-state index in [2.05, 4.69) is 5.32 Å². The van der Waals surface area contributed by atoms with Gasteiger partial charge in [-0.15, -0.1) is 0 Å². The minimum Gasteiger partial charge on any atom is -0.302 e. The third-order valence-corrected chi connectivity index (χ3v) is 3.71. The summed E-state index contributed by atoms with van der Waals surface area (Å²) in [5.74, 6) is -0.247. The lowest BCUT2D eigenvalue weighted by atomic mass is 10.0. The van der Waals surface area contributed by atoms with E-state index >= 15 is 0 Å². The van der Waals surface area contributed by atoms with E-state index in [1.807, 2.05) is 30.3 Å². The number of amides is 1. The molecular formula is C15H11N3O3S. The second-order valence-corrected chi connectivity index (χ2v) is 5.14. The van der Waals surface area contributed by atoms with Gasteiger partial charge in [0.25, 0.3) is 11.6 Å². The number of carbonyl (C=O) groups excluding carboxylic acids is 1. The first-order valence-electron chi connectivity index (χ1n) is 6.51. The van der Waals surface area contributed by atoms with Crippen LogP contribution >= 0.6 is 12.2 Å². The number of nitrogens with one attached hydrogen (secondary N) is 1. The molecule has 0 bridgehead atoms. The van der Waals surface area contributed by atoms with E-state index in [1.54, 1.807) is 17.0 Å². The first-order valence-corrected chi connectivity index (χ1v) is 6.92. The Morgan fingerprint density at radius 2 is 1.73 bits per heavy atom. The Kier molecular flexibility index (Phi) is 3.56. The summed E-state index contributed by atoms with van der Waals surface area (Å²) in [7, 11) is 0. The number of nitro benzene ring substituents is 1. The number of para-hydroxylation sites is 1. The normalized spacial score (nSPS) is 17.5. The Balaban J connectivity index is 2.01. The summed E-state index contributed by atoms with van der Waals surface area (Å²) in [6.45, 7) is 0. The van der Waals surface area contributed by atoms with Crippen molar-refractivity contribution in [1.82, 2.24) is 5.32 Å². The van der Waals surface area contributed by atoms with Crippen LogP contribution in [0.3, 0.4) is 0 Å². The quantitative estimate of drug-likeness (QED) is 0.535. The summed E-state index contributed by atoms with van der Waals surface area (Å²) in [6.07, 6.45) is 0. The lowest BCUT2D eigenvalue weighted by Gasteiger charge is -2.23. The number of rotatable bonds is 3. The molecular weight excluding hydrogens is 302 g/mol. The van der Waals surface area contributed by atoms with E-state index in [4.69, 9.17) is 12.2 Å². The number of hydrogen-bond donors (Lipinski definition) is 1. The van der Waals surface area contributed by atoms with Crippen LogP contribution in [0.2, 0.25) is 0 Å². The number of benzene rings is 2. The van der Waals surface area contributed by atoms with Crippen LogP contribution in [-0.2, 0) is 4.79 Å². The molecule has 6 nitrogen and oxygen atoms in total. The molecule has 0 aromatic heterocycles. The van der Waals surface area contributed by atoms with Crippen molar-refractivity contribution in [2.75, 3.05) is 4.90 Å². The molecule has 22 heavy (non-hydrogen) atoms. The van der Waals surface area contributed by atoms with Crippen molar-refractivity contribution in [2.24, 2.45) is 0 Å². The maximum atomic E-state index is 12.2. The summed E-state index contributed by atoms with van der Waals surface area (Å²) in [5.41, 5.74) is 1.41. The van der Waals surface area contributed by atoms with Crippen molar-refractivity contribution >= 4 is 34.6 Å². The average Bonchev–Trinajstić information content (AvgIpc) is 2.82.